The molecule has 0 fully saturated rings. The molecule has 0 radical (unpaired) electrons. The maximum absolute atomic E-state index is 12.2. The van der Waals surface area contributed by atoms with Crippen LogP contribution in [0.25, 0.3) is 10.2 Å². The van der Waals surface area contributed by atoms with Gasteiger partial charge in [-0.2, -0.15) is 4.99 Å². The van der Waals surface area contributed by atoms with Crippen molar-refractivity contribution in [3.8, 4) is 0 Å². The summed E-state index contributed by atoms with van der Waals surface area (Å²) in [4.78, 5) is 17.3. The first-order valence-electron chi connectivity index (χ1n) is 7.04. The highest BCUT2D eigenvalue weighted by Gasteiger charge is 2.21. The van der Waals surface area contributed by atoms with Gasteiger partial charge in [0.1, 0.15) is 0 Å². The number of allylic oxidation sites excluding steroid dienone is 1. The zero-order valence-electron chi connectivity index (χ0n) is 13.4. The van der Waals surface area contributed by atoms with E-state index in [1.807, 2.05) is 26.8 Å². The molecular formula is C17H22N2OS. The second-order valence-corrected chi connectivity index (χ2v) is 7.39. The molecule has 0 spiro atoms. The van der Waals surface area contributed by atoms with Gasteiger partial charge in [0.2, 0.25) is 0 Å². The molecule has 0 unspecified atom stereocenters. The molecule has 0 aliphatic carbocycles. The normalized spacial score (nSPS) is 12.9. The summed E-state index contributed by atoms with van der Waals surface area (Å²) in [6.45, 7) is 14.3. The van der Waals surface area contributed by atoms with E-state index in [1.54, 1.807) is 11.3 Å². The van der Waals surface area contributed by atoms with Crippen LogP contribution in [-0.4, -0.2) is 10.5 Å². The largest absolute Gasteiger partial charge is 0.312 e. The third-order valence-electron chi connectivity index (χ3n) is 3.26. The molecule has 0 aliphatic heterocycles. The van der Waals surface area contributed by atoms with Crippen molar-refractivity contribution in [3.63, 3.8) is 0 Å². The zero-order valence-corrected chi connectivity index (χ0v) is 14.2. The predicted molar refractivity (Wildman–Crippen MR) is 89.5 cm³/mol. The molecule has 0 saturated carbocycles. The number of aryl methyl sites for hydroxylation is 2. The van der Waals surface area contributed by atoms with E-state index >= 15 is 0 Å². The van der Waals surface area contributed by atoms with E-state index in [1.165, 1.54) is 11.1 Å². The van der Waals surface area contributed by atoms with Gasteiger partial charge in [0.05, 0.1) is 10.2 Å². The minimum Gasteiger partial charge on any atom is -0.312 e. The van der Waals surface area contributed by atoms with E-state index in [2.05, 4.69) is 42.1 Å². The van der Waals surface area contributed by atoms with E-state index in [-0.39, 0.29) is 5.91 Å². The average Bonchev–Trinajstić information content (AvgIpc) is 2.66. The molecule has 1 amide bonds. The van der Waals surface area contributed by atoms with Gasteiger partial charge in [0.25, 0.3) is 5.91 Å². The van der Waals surface area contributed by atoms with Crippen LogP contribution >= 0.6 is 11.3 Å². The van der Waals surface area contributed by atoms with Gasteiger partial charge in [-0.25, -0.2) is 0 Å². The van der Waals surface area contributed by atoms with Crippen LogP contribution in [0.2, 0.25) is 0 Å². The molecular weight excluding hydrogens is 280 g/mol. The van der Waals surface area contributed by atoms with Crippen LogP contribution in [0.15, 0.2) is 29.8 Å². The number of fused-ring (bicyclic) bond motifs is 1. The molecule has 0 bridgehead atoms. The second-order valence-electron chi connectivity index (χ2n) is 6.38. The third kappa shape index (κ3) is 3.16. The van der Waals surface area contributed by atoms with Crippen LogP contribution in [0.5, 0.6) is 0 Å². The number of aromatic nitrogens is 1. The number of rotatable bonds is 2. The Bertz CT molecular complexity index is 772. The Hall–Kier alpha value is -1.68. The number of amides is 1. The molecule has 3 nitrogen and oxygen atoms in total. The number of carbonyl (C=O) groups is 1. The highest BCUT2D eigenvalue weighted by atomic mass is 32.1. The first-order valence-corrected chi connectivity index (χ1v) is 7.86. The van der Waals surface area contributed by atoms with Crippen LogP contribution in [0, 0.1) is 19.3 Å². The zero-order chi connectivity index (χ0) is 15.8. The SMILES string of the molecule is C=CCn1c(=NC(=O)C(C)(C)C)sc2cc(C)cc(C)c21. The summed E-state index contributed by atoms with van der Waals surface area (Å²) in [6, 6.07) is 4.30. The van der Waals surface area contributed by atoms with E-state index in [9.17, 15) is 4.79 Å². The molecule has 21 heavy (non-hydrogen) atoms. The smallest absolute Gasteiger partial charge is 0.253 e. The average molecular weight is 302 g/mol. The summed E-state index contributed by atoms with van der Waals surface area (Å²) in [5.41, 5.74) is 3.10. The van der Waals surface area contributed by atoms with Gasteiger partial charge in [0, 0.05) is 12.0 Å². The van der Waals surface area contributed by atoms with Gasteiger partial charge >= 0.3 is 0 Å². The minimum absolute atomic E-state index is 0.0961. The van der Waals surface area contributed by atoms with Gasteiger partial charge in [-0.15, -0.1) is 6.58 Å². The first kappa shape index (κ1) is 15.7. The molecule has 1 heterocycles. The van der Waals surface area contributed by atoms with Crippen LogP contribution in [0.4, 0.5) is 0 Å². The van der Waals surface area contributed by atoms with Crippen LogP contribution in [0.3, 0.4) is 0 Å². The summed E-state index contributed by atoms with van der Waals surface area (Å²) in [7, 11) is 0. The van der Waals surface area contributed by atoms with Gasteiger partial charge in [-0.3, -0.25) is 4.79 Å². The quantitative estimate of drug-likeness (QED) is 0.773. The number of nitrogens with zero attached hydrogens (tertiary/aromatic N) is 2. The second kappa shape index (κ2) is 5.60. The number of hydrogen-bond acceptors (Lipinski definition) is 2. The molecule has 112 valence electrons. The van der Waals surface area contributed by atoms with Crippen molar-refractivity contribution in [1.29, 1.82) is 0 Å². The molecule has 1 aromatic carbocycles. The van der Waals surface area contributed by atoms with E-state index < -0.39 is 5.41 Å². The lowest BCUT2D eigenvalue weighted by Crippen LogP contribution is -2.23. The molecule has 1 aromatic heterocycles. The fraction of sp³-hybridized carbons (Fsp3) is 0.412. The number of thiazole rings is 1. The highest BCUT2D eigenvalue weighted by Crippen LogP contribution is 2.23. The van der Waals surface area contributed by atoms with Crippen molar-refractivity contribution >= 4 is 27.5 Å². The van der Waals surface area contributed by atoms with Gasteiger partial charge in [0.15, 0.2) is 4.80 Å². The van der Waals surface area contributed by atoms with Gasteiger partial charge in [-0.1, -0.05) is 44.3 Å². The molecule has 2 rings (SSSR count). The van der Waals surface area contributed by atoms with Crippen LogP contribution in [0.1, 0.15) is 31.9 Å². The Balaban J connectivity index is 2.77. The van der Waals surface area contributed by atoms with E-state index in [4.69, 9.17) is 0 Å². The molecule has 0 saturated heterocycles. The van der Waals surface area contributed by atoms with Crippen LogP contribution in [-0.2, 0) is 11.3 Å². The monoisotopic (exact) mass is 302 g/mol. The summed E-state index contributed by atoms with van der Waals surface area (Å²) in [5, 5.41) is 0. The third-order valence-corrected chi connectivity index (χ3v) is 4.29. The Morgan fingerprint density at radius 1 is 1.38 bits per heavy atom. The molecule has 2 aromatic rings. The topological polar surface area (TPSA) is 34.4 Å². The Morgan fingerprint density at radius 3 is 2.62 bits per heavy atom. The van der Waals surface area contributed by atoms with Crippen molar-refractivity contribution in [3.05, 3.63) is 40.7 Å². The maximum Gasteiger partial charge on any atom is 0.253 e. The summed E-state index contributed by atoms with van der Waals surface area (Å²) in [6.07, 6.45) is 1.84. The molecule has 0 atom stereocenters. The maximum atomic E-state index is 12.2. The van der Waals surface area contributed by atoms with Crippen molar-refractivity contribution in [2.24, 2.45) is 10.4 Å². The van der Waals surface area contributed by atoms with Crippen molar-refractivity contribution < 1.29 is 4.79 Å². The summed E-state index contributed by atoms with van der Waals surface area (Å²) < 4.78 is 3.24. The Labute approximate surface area is 129 Å². The van der Waals surface area contributed by atoms with Crippen molar-refractivity contribution in [2.45, 2.75) is 41.2 Å². The standard InChI is InChI=1S/C17H22N2OS/c1-7-8-19-14-12(3)9-11(2)10-13(14)21-16(19)18-15(20)17(4,5)6/h7,9-10H,1,8H2,2-6H3. The lowest BCUT2D eigenvalue weighted by Gasteiger charge is -2.11. The van der Waals surface area contributed by atoms with Gasteiger partial charge in [-0.05, 0) is 31.0 Å². The summed E-state index contributed by atoms with van der Waals surface area (Å²) in [5.74, 6) is -0.0961. The first-order chi connectivity index (χ1) is 9.74. The Morgan fingerprint density at radius 2 is 2.05 bits per heavy atom. The predicted octanol–water partition coefficient (Wildman–Crippen LogP) is 3.98. The molecule has 0 aliphatic rings. The van der Waals surface area contributed by atoms with Gasteiger partial charge < -0.3 is 4.57 Å². The van der Waals surface area contributed by atoms with Crippen molar-refractivity contribution in [1.82, 2.24) is 4.57 Å². The lowest BCUT2D eigenvalue weighted by molar-refractivity contribution is -0.125. The van der Waals surface area contributed by atoms with Crippen molar-refractivity contribution in [2.75, 3.05) is 0 Å². The highest BCUT2D eigenvalue weighted by molar-refractivity contribution is 7.16. The van der Waals surface area contributed by atoms with Crippen LogP contribution < -0.4 is 4.80 Å². The number of carbonyl (C=O) groups excluding carboxylic acids is 1. The molecule has 0 N–H and O–H groups in total. The lowest BCUT2D eigenvalue weighted by atomic mass is 9.96. The fourth-order valence-electron chi connectivity index (χ4n) is 2.23. The minimum atomic E-state index is -0.465. The number of hydrogen-bond donors (Lipinski definition) is 0. The molecule has 4 heteroatoms. The Kier molecular flexibility index (Phi) is 4.19. The summed E-state index contributed by atoms with van der Waals surface area (Å²) >= 11 is 1.56. The van der Waals surface area contributed by atoms with E-state index in [0.29, 0.717) is 6.54 Å². The van der Waals surface area contributed by atoms with E-state index in [0.717, 1.165) is 15.0 Å². The fourth-order valence-corrected chi connectivity index (χ4v) is 3.44. The number of benzene rings is 1.